The Bertz CT molecular complexity index is 851. The van der Waals surface area contributed by atoms with E-state index in [1.165, 1.54) is 0 Å². The van der Waals surface area contributed by atoms with Crippen LogP contribution in [0, 0.1) is 0 Å². The maximum atomic E-state index is 12.6. The summed E-state index contributed by atoms with van der Waals surface area (Å²) in [5.74, 6) is 0.983. The first-order chi connectivity index (χ1) is 11.1. The molecule has 0 unspecified atom stereocenters. The van der Waals surface area contributed by atoms with Crippen molar-refractivity contribution >= 4 is 22.6 Å². The van der Waals surface area contributed by atoms with Crippen molar-refractivity contribution in [3.05, 3.63) is 59.4 Å². The first-order valence-corrected chi connectivity index (χ1v) is 7.67. The van der Waals surface area contributed by atoms with Gasteiger partial charge in [0, 0.05) is 18.2 Å². The summed E-state index contributed by atoms with van der Waals surface area (Å²) in [4.78, 5) is 20.4. The van der Waals surface area contributed by atoms with Gasteiger partial charge in [-0.25, -0.2) is 4.98 Å². The van der Waals surface area contributed by atoms with Crippen LogP contribution in [0.5, 0.6) is 0 Å². The molecule has 2 aromatic carbocycles. The lowest BCUT2D eigenvalue weighted by atomic mass is 10.1. The fourth-order valence-corrected chi connectivity index (χ4v) is 2.48. The molecule has 0 aliphatic carbocycles. The molecule has 0 aliphatic heterocycles. The molecule has 5 nitrogen and oxygen atoms in total. The first-order valence-electron chi connectivity index (χ1n) is 7.67. The van der Waals surface area contributed by atoms with Gasteiger partial charge >= 0.3 is 0 Å². The number of carbonyl (C=O) groups is 1. The van der Waals surface area contributed by atoms with Gasteiger partial charge in [0.05, 0.1) is 11.1 Å². The highest BCUT2D eigenvalue weighted by Crippen LogP contribution is 2.21. The van der Waals surface area contributed by atoms with Crippen molar-refractivity contribution in [2.75, 3.05) is 5.32 Å². The van der Waals surface area contributed by atoms with E-state index in [1.807, 2.05) is 36.4 Å². The minimum Gasteiger partial charge on any atom is -0.342 e. The second-order valence-electron chi connectivity index (χ2n) is 5.84. The number of nitrogens with one attached hydrogen (secondary N) is 2. The van der Waals surface area contributed by atoms with Crippen LogP contribution in [-0.2, 0) is 6.54 Å². The lowest BCUT2D eigenvalue weighted by molar-refractivity contribution is 0.102. The van der Waals surface area contributed by atoms with Gasteiger partial charge in [-0.1, -0.05) is 32.0 Å². The average Bonchev–Trinajstić information content (AvgIpc) is 2.99. The third kappa shape index (κ3) is 3.10. The van der Waals surface area contributed by atoms with Crippen LogP contribution in [-0.4, -0.2) is 15.9 Å². The van der Waals surface area contributed by atoms with E-state index in [0.29, 0.717) is 17.6 Å². The van der Waals surface area contributed by atoms with Crippen molar-refractivity contribution in [2.45, 2.75) is 26.3 Å². The minimum absolute atomic E-state index is 0.174. The summed E-state index contributed by atoms with van der Waals surface area (Å²) in [6.45, 7) is 4.57. The maximum Gasteiger partial charge on any atom is 0.257 e. The molecule has 3 aromatic rings. The maximum absolute atomic E-state index is 12.6. The highest BCUT2D eigenvalue weighted by molar-refractivity contribution is 6.11. The molecular formula is C18H20N4O. The molecule has 0 atom stereocenters. The van der Waals surface area contributed by atoms with Gasteiger partial charge in [-0.15, -0.1) is 0 Å². The zero-order chi connectivity index (χ0) is 16.4. The van der Waals surface area contributed by atoms with Gasteiger partial charge in [-0.2, -0.15) is 0 Å². The second kappa shape index (κ2) is 6.22. The zero-order valence-electron chi connectivity index (χ0n) is 13.3. The van der Waals surface area contributed by atoms with Gasteiger partial charge in [0.1, 0.15) is 11.3 Å². The van der Waals surface area contributed by atoms with Crippen molar-refractivity contribution in [1.29, 1.82) is 0 Å². The summed E-state index contributed by atoms with van der Waals surface area (Å²) in [5.41, 5.74) is 9.47. The van der Waals surface area contributed by atoms with Crippen LogP contribution in [0.4, 0.5) is 5.69 Å². The Hall–Kier alpha value is -2.66. The number of nitrogens with two attached hydrogens (primary N) is 1. The number of aromatic nitrogens is 2. The summed E-state index contributed by atoms with van der Waals surface area (Å²) in [5, 5.41) is 2.92. The molecule has 118 valence electrons. The molecular weight excluding hydrogens is 288 g/mol. The van der Waals surface area contributed by atoms with Crippen molar-refractivity contribution in [2.24, 2.45) is 5.73 Å². The molecule has 0 saturated heterocycles. The van der Waals surface area contributed by atoms with E-state index < -0.39 is 0 Å². The fourth-order valence-electron chi connectivity index (χ4n) is 2.48. The summed E-state index contributed by atoms with van der Waals surface area (Å²) < 4.78 is 0. The van der Waals surface area contributed by atoms with E-state index in [1.54, 1.807) is 6.07 Å². The van der Waals surface area contributed by atoms with Crippen LogP contribution in [0.25, 0.3) is 11.0 Å². The normalized spacial score (nSPS) is 11.1. The molecule has 0 radical (unpaired) electrons. The minimum atomic E-state index is -0.174. The highest BCUT2D eigenvalue weighted by atomic mass is 16.1. The number of hydrogen-bond acceptors (Lipinski definition) is 3. The molecule has 0 aliphatic rings. The third-order valence-corrected chi connectivity index (χ3v) is 3.74. The Kier molecular flexibility index (Phi) is 4.12. The number of amides is 1. The van der Waals surface area contributed by atoms with Crippen molar-refractivity contribution in [3.63, 3.8) is 0 Å². The second-order valence-corrected chi connectivity index (χ2v) is 5.84. The number of imidazole rings is 1. The van der Waals surface area contributed by atoms with E-state index >= 15 is 0 Å². The van der Waals surface area contributed by atoms with Gasteiger partial charge in [-0.3, -0.25) is 4.79 Å². The molecule has 23 heavy (non-hydrogen) atoms. The largest absolute Gasteiger partial charge is 0.342 e. The number of anilines is 1. The molecule has 0 saturated carbocycles. The predicted octanol–water partition coefficient (Wildman–Crippen LogP) is 3.40. The van der Waals surface area contributed by atoms with E-state index in [9.17, 15) is 4.79 Å². The van der Waals surface area contributed by atoms with Crippen molar-refractivity contribution < 1.29 is 4.79 Å². The summed E-state index contributed by atoms with van der Waals surface area (Å²) in [6.07, 6.45) is 0. The SMILES string of the molecule is CC(C)c1nc2c(C(=O)Nc3cccc(CN)c3)cccc2[nH]1. The number of para-hydroxylation sites is 1. The van der Waals surface area contributed by atoms with Gasteiger partial charge in [-0.05, 0) is 29.8 Å². The number of rotatable bonds is 4. The fraction of sp³-hybridized carbons (Fsp3) is 0.222. The van der Waals surface area contributed by atoms with Crippen molar-refractivity contribution in [3.8, 4) is 0 Å². The summed E-state index contributed by atoms with van der Waals surface area (Å²) in [6, 6.07) is 13.1. The molecule has 5 heteroatoms. The van der Waals surface area contributed by atoms with E-state index in [-0.39, 0.29) is 11.8 Å². The van der Waals surface area contributed by atoms with Crippen LogP contribution >= 0.6 is 0 Å². The number of aromatic amines is 1. The predicted molar refractivity (Wildman–Crippen MR) is 92.5 cm³/mol. The quantitative estimate of drug-likeness (QED) is 0.690. The number of H-pyrrole nitrogens is 1. The van der Waals surface area contributed by atoms with Gasteiger partial charge in [0.2, 0.25) is 0 Å². The van der Waals surface area contributed by atoms with Gasteiger partial charge in [0.25, 0.3) is 5.91 Å². The van der Waals surface area contributed by atoms with E-state index in [2.05, 4.69) is 29.1 Å². The van der Waals surface area contributed by atoms with Crippen LogP contribution in [0.1, 0.15) is 41.5 Å². The summed E-state index contributed by atoms with van der Waals surface area (Å²) >= 11 is 0. The number of benzene rings is 2. The molecule has 1 heterocycles. The number of carbonyl (C=O) groups excluding carboxylic acids is 1. The third-order valence-electron chi connectivity index (χ3n) is 3.74. The number of nitrogens with zero attached hydrogens (tertiary/aromatic N) is 1. The van der Waals surface area contributed by atoms with E-state index in [4.69, 9.17) is 5.73 Å². The molecule has 0 bridgehead atoms. The molecule has 3 rings (SSSR count). The zero-order valence-corrected chi connectivity index (χ0v) is 13.3. The Morgan fingerprint density at radius 3 is 2.78 bits per heavy atom. The standard InChI is InChI=1S/C18H20N4O/c1-11(2)17-21-15-8-4-7-14(16(15)22-17)18(23)20-13-6-3-5-12(9-13)10-19/h3-9,11H,10,19H2,1-2H3,(H,20,23)(H,21,22). The monoisotopic (exact) mass is 308 g/mol. The van der Waals surface area contributed by atoms with Crippen molar-refractivity contribution in [1.82, 2.24) is 9.97 Å². The topological polar surface area (TPSA) is 83.8 Å². The van der Waals surface area contributed by atoms with Crippen LogP contribution in [0.2, 0.25) is 0 Å². The molecule has 1 aromatic heterocycles. The summed E-state index contributed by atoms with van der Waals surface area (Å²) in [7, 11) is 0. The average molecular weight is 308 g/mol. The molecule has 0 spiro atoms. The van der Waals surface area contributed by atoms with Gasteiger partial charge < -0.3 is 16.0 Å². The van der Waals surface area contributed by atoms with Crippen LogP contribution < -0.4 is 11.1 Å². The van der Waals surface area contributed by atoms with Gasteiger partial charge in [0.15, 0.2) is 0 Å². The van der Waals surface area contributed by atoms with Crippen LogP contribution in [0.15, 0.2) is 42.5 Å². The first kappa shape index (κ1) is 15.2. The Morgan fingerprint density at radius 2 is 2.04 bits per heavy atom. The molecule has 4 N–H and O–H groups in total. The lowest BCUT2D eigenvalue weighted by Crippen LogP contribution is -2.12. The van der Waals surface area contributed by atoms with Crippen LogP contribution in [0.3, 0.4) is 0 Å². The van der Waals surface area contributed by atoms with E-state index in [0.717, 1.165) is 22.6 Å². The lowest BCUT2D eigenvalue weighted by Gasteiger charge is -2.07. The Balaban J connectivity index is 1.94. The number of hydrogen-bond donors (Lipinski definition) is 3. The number of fused-ring (bicyclic) bond motifs is 1. The molecule has 0 fully saturated rings. The Morgan fingerprint density at radius 1 is 1.26 bits per heavy atom. The Labute approximate surface area is 134 Å². The highest BCUT2D eigenvalue weighted by Gasteiger charge is 2.15. The smallest absolute Gasteiger partial charge is 0.257 e. The molecule has 1 amide bonds.